The van der Waals surface area contributed by atoms with Crippen molar-refractivity contribution >= 4 is 34.7 Å². The van der Waals surface area contributed by atoms with E-state index in [1.54, 1.807) is 23.1 Å². The molecule has 0 unspecified atom stereocenters. The molecule has 0 aliphatic carbocycles. The van der Waals surface area contributed by atoms with Gasteiger partial charge in [0.15, 0.2) is 0 Å². The van der Waals surface area contributed by atoms with Crippen LogP contribution in [0.4, 0.5) is 0 Å². The number of rotatable bonds is 3. The smallest absolute Gasteiger partial charge is 0.259 e. The normalized spacial score (nSPS) is 10.8. The summed E-state index contributed by atoms with van der Waals surface area (Å²) in [6.45, 7) is 0. The highest BCUT2D eigenvalue weighted by molar-refractivity contribution is 7.98. The van der Waals surface area contributed by atoms with E-state index >= 15 is 0 Å². The van der Waals surface area contributed by atoms with Gasteiger partial charge in [-0.05, 0) is 35.9 Å². The van der Waals surface area contributed by atoms with E-state index in [4.69, 9.17) is 16.1 Å². The van der Waals surface area contributed by atoms with Crippen molar-refractivity contribution < 1.29 is 4.52 Å². The molecule has 0 saturated heterocycles. The molecule has 2 aromatic heterocycles. The van der Waals surface area contributed by atoms with Crippen LogP contribution in [0.2, 0.25) is 5.02 Å². The summed E-state index contributed by atoms with van der Waals surface area (Å²) in [7, 11) is 0. The highest BCUT2D eigenvalue weighted by atomic mass is 35.5. The van der Waals surface area contributed by atoms with Gasteiger partial charge in [0.25, 0.3) is 5.89 Å². The molecule has 2 heterocycles. The maximum atomic E-state index is 6.19. The Balaban J connectivity index is 2.03. The van der Waals surface area contributed by atoms with Gasteiger partial charge < -0.3 is 4.52 Å². The number of benzene rings is 1. The van der Waals surface area contributed by atoms with Gasteiger partial charge in [0.05, 0.1) is 15.5 Å². The van der Waals surface area contributed by atoms with Crippen molar-refractivity contribution in [1.29, 1.82) is 0 Å². The Bertz CT molecular complexity index is 694. The van der Waals surface area contributed by atoms with E-state index in [0.29, 0.717) is 16.7 Å². The second-order valence-electron chi connectivity index (χ2n) is 3.75. The van der Waals surface area contributed by atoms with Gasteiger partial charge in [0, 0.05) is 4.90 Å². The first-order valence-corrected chi connectivity index (χ1v) is 7.97. The molecule has 0 saturated carbocycles. The summed E-state index contributed by atoms with van der Waals surface area (Å²) < 4.78 is 5.31. The molecule has 1 aromatic carbocycles. The average molecular weight is 309 g/mol. The van der Waals surface area contributed by atoms with Crippen LogP contribution in [0.5, 0.6) is 0 Å². The van der Waals surface area contributed by atoms with Crippen molar-refractivity contribution in [3.8, 4) is 22.2 Å². The zero-order chi connectivity index (χ0) is 13.2. The molecule has 0 bridgehead atoms. The van der Waals surface area contributed by atoms with Crippen LogP contribution in [0.1, 0.15) is 0 Å². The van der Waals surface area contributed by atoms with Gasteiger partial charge in [0.2, 0.25) is 5.82 Å². The molecule has 3 nitrogen and oxygen atoms in total. The van der Waals surface area contributed by atoms with Crippen molar-refractivity contribution in [2.75, 3.05) is 6.26 Å². The first-order valence-electron chi connectivity index (χ1n) is 5.49. The number of thiophene rings is 1. The summed E-state index contributed by atoms with van der Waals surface area (Å²) in [5, 5.41) is 6.58. The minimum atomic E-state index is 0.448. The van der Waals surface area contributed by atoms with E-state index in [1.165, 1.54) is 0 Å². The van der Waals surface area contributed by atoms with Crippen molar-refractivity contribution in [2.24, 2.45) is 0 Å². The topological polar surface area (TPSA) is 38.9 Å². The summed E-state index contributed by atoms with van der Waals surface area (Å²) in [4.78, 5) is 6.48. The van der Waals surface area contributed by atoms with E-state index in [1.807, 2.05) is 42.0 Å². The summed E-state index contributed by atoms with van der Waals surface area (Å²) in [6.07, 6.45) is 2.01. The Morgan fingerprint density at radius 1 is 1.32 bits per heavy atom. The molecule has 96 valence electrons. The molecule has 0 spiro atoms. The predicted molar refractivity (Wildman–Crippen MR) is 79.8 cm³/mol. The SMILES string of the molecule is CSc1ccc(Cl)c(-c2nc(-c3cccs3)no2)c1. The van der Waals surface area contributed by atoms with Crippen LogP contribution >= 0.6 is 34.7 Å². The van der Waals surface area contributed by atoms with E-state index in [9.17, 15) is 0 Å². The second kappa shape index (κ2) is 5.36. The third-order valence-electron chi connectivity index (χ3n) is 2.57. The van der Waals surface area contributed by atoms with Crippen LogP contribution in [0.3, 0.4) is 0 Å². The summed E-state index contributed by atoms with van der Waals surface area (Å²) >= 11 is 9.41. The molecule has 0 atom stereocenters. The Morgan fingerprint density at radius 3 is 2.95 bits per heavy atom. The molecule has 6 heteroatoms. The van der Waals surface area contributed by atoms with Gasteiger partial charge in [-0.3, -0.25) is 0 Å². The first-order chi connectivity index (χ1) is 9.28. The van der Waals surface area contributed by atoms with Crippen molar-refractivity contribution in [1.82, 2.24) is 10.1 Å². The molecule has 0 aliphatic heterocycles. The number of hydrogen-bond acceptors (Lipinski definition) is 5. The van der Waals surface area contributed by atoms with E-state index in [-0.39, 0.29) is 0 Å². The van der Waals surface area contributed by atoms with Crippen molar-refractivity contribution in [3.63, 3.8) is 0 Å². The Labute approximate surface area is 123 Å². The molecule has 0 fully saturated rings. The largest absolute Gasteiger partial charge is 0.334 e. The van der Waals surface area contributed by atoms with Crippen LogP contribution in [-0.2, 0) is 0 Å². The Morgan fingerprint density at radius 2 is 2.21 bits per heavy atom. The number of halogens is 1. The van der Waals surface area contributed by atoms with Gasteiger partial charge in [-0.15, -0.1) is 23.1 Å². The monoisotopic (exact) mass is 308 g/mol. The molecule has 0 amide bonds. The zero-order valence-electron chi connectivity index (χ0n) is 9.96. The van der Waals surface area contributed by atoms with Crippen LogP contribution < -0.4 is 0 Å². The zero-order valence-corrected chi connectivity index (χ0v) is 12.4. The minimum absolute atomic E-state index is 0.448. The lowest BCUT2D eigenvalue weighted by Crippen LogP contribution is -1.81. The van der Waals surface area contributed by atoms with Gasteiger partial charge in [0.1, 0.15) is 0 Å². The standard InChI is InChI=1S/C13H9ClN2OS2/c1-18-8-4-5-10(14)9(7-8)13-15-12(16-17-13)11-3-2-6-19-11/h2-7H,1H3. The van der Waals surface area contributed by atoms with Crippen LogP contribution in [0.15, 0.2) is 45.1 Å². The number of nitrogens with zero attached hydrogens (tertiary/aromatic N) is 2. The van der Waals surface area contributed by atoms with E-state index in [2.05, 4.69) is 10.1 Å². The molecule has 0 radical (unpaired) electrons. The maximum Gasteiger partial charge on any atom is 0.259 e. The van der Waals surface area contributed by atoms with Gasteiger partial charge in [-0.1, -0.05) is 22.8 Å². The highest BCUT2D eigenvalue weighted by Crippen LogP contribution is 2.32. The fourth-order valence-corrected chi connectivity index (χ4v) is 2.92. The molecule has 19 heavy (non-hydrogen) atoms. The molecular weight excluding hydrogens is 300 g/mol. The lowest BCUT2D eigenvalue weighted by Gasteiger charge is -2.01. The molecule has 3 aromatic rings. The Kier molecular flexibility index (Phi) is 3.59. The molecular formula is C13H9ClN2OS2. The number of hydrogen-bond donors (Lipinski definition) is 0. The number of aromatic nitrogens is 2. The Hall–Kier alpha value is -1.30. The molecule has 0 N–H and O–H groups in total. The maximum absolute atomic E-state index is 6.19. The van der Waals surface area contributed by atoms with Crippen molar-refractivity contribution in [3.05, 3.63) is 40.7 Å². The minimum Gasteiger partial charge on any atom is -0.334 e. The van der Waals surface area contributed by atoms with Crippen LogP contribution in [-0.4, -0.2) is 16.4 Å². The lowest BCUT2D eigenvalue weighted by atomic mass is 10.2. The first kappa shape index (κ1) is 12.7. The van der Waals surface area contributed by atoms with Crippen molar-refractivity contribution in [2.45, 2.75) is 4.90 Å². The van der Waals surface area contributed by atoms with Gasteiger partial charge >= 0.3 is 0 Å². The lowest BCUT2D eigenvalue weighted by molar-refractivity contribution is 0.432. The average Bonchev–Trinajstić information content (AvgIpc) is 3.10. The second-order valence-corrected chi connectivity index (χ2v) is 5.98. The fraction of sp³-hybridized carbons (Fsp3) is 0.0769. The highest BCUT2D eigenvalue weighted by Gasteiger charge is 2.14. The van der Waals surface area contributed by atoms with E-state index in [0.717, 1.165) is 15.3 Å². The molecule has 0 aliphatic rings. The third-order valence-corrected chi connectivity index (χ3v) is 4.49. The van der Waals surface area contributed by atoms with Gasteiger partial charge in [-0.25, -0.2) is 0 Å². The predicted octanol–water partition coefficient (Wildman–Crippen LogP) is 4.84. The fourth-order valence-electron chi connectivity index (χ4n) is 1.63. The molecule has 3 rings (SSSR count). The summed E-state index contributed by atoms with van der Waals surface area (Å²) in [6, 6.07) is 9.68. The van der Waals surface area contributed by atoms with Gasteiger partial charge in [-0.2, -0.15) is 4.98 Å². The number of thioether (sulfide) groups is 1. The van der Waals surface area contributed by atoms with Crippen LogP contribution in [0, 0.1) is 0 Å². The van der Waals surface area contributed by atoms with E-state index < -0.39 is 0 Å². The summed E-state index contributed by atoms with van der Waals surface area (Å²) in [5.41, 5.74) is 0.767. The third kappa shape index (κ3) is 2.54. The summed E-state index contributed by atoms with van der Waals surface area (Å²) in [5.74, 6) is 1.04. The van der Waals surface area contributed by atoms with Crippen LogP contribution in [0.25, 0.3) is 22.2 Å². The quantitative estimate of drug-likeness (QED) is 0.649.